The molecule has 0 unspecified atom stereocenters. The van der Waals surface area contributed by atoms with Gasteiger partial charge in [0.2, 0.25) is 5.91 Å². The minimum Gasteiger partial charge on any atom is -0.497 e. The molecule has 1 spiro atoms. The maximum absolute atomic E-state index is 12.6. The number of fused-ring (bicyclic) bond motifs is 1. The van der Waals surface area contributed by atoms with Gasteiger partial charge in [0.05, 0.1) is 13.2 Å². The zero-order chi connectivity index (χ0) is 19.4. The lowest BCUT2D eigenvalue weighted by atomic mass is 9.58. The van der Waals surface area contributed by atoms with Crippen LogP contribution in [0.5, 0.6) is 5.75 Å². The third kappa shape index (κ3) is 2.79. The summed E-state index contributed by atoms with van der Waals surface area (Å²) in [5, 5.41) is 3.47. The predicted molar refractivity (Wildman–Crippen MR) is 106 cm³/mol. The quantitative estimate of drug-likeness (QED) is 0.856. The average Bonchev–Trinajstić information content (AvgIpc) is 3.14. The van der Waals surface area contributed by atoms with Gasteiger partial charge in [-0.05, 0) is 59.6 Å². The number of hydrogen-bond acceptors (Lipinski definition) is 3. The van der Waals surface area contributed by atoms with Crippen LogP contribution in [0.4, 0.5) is 0 Å². The molecule has 2 saturated carbocycles. The van der Waals surface area contributed by atoms with Crippen molar-refractivity contribution >= 4 is 5.91 Å². The van der Waals surface area contributed by atoms with E-state index in [2.05, 4.69) is 31.3 Å². The summed E-state index contributed by atoms with van der Waals surface area (Å²) in [5.74, 6) is 2.19. The maximum atomic E-state index is 12.6. The van der Waals surface area contributed by atoms with Gasteiger partial charge in [-0.25, -0.2) is 0 Å². The second-order valence-corrected chi connectivity index (χ2v) is 9.71. The van der Waals surface area contributed by atoms with Crippen molar-refractivity contribution in [3.8, 4) is 5.75 Å². The predicted octanol–water partition coefficient (Wildman–Crippen LogP) is 4.35. The molecule has 1 saturated heterocycles. The summed E-state index contributed by atoms with van der Waals surface area (Å²) < 4.78 is 11.6. The van der Waals surface area contributed by atoms with Crippen molar-refractivity contribution in [1.82, 2.24) is 5.32 Å². The molecule has 1 heterocycles. The Morgan fingerprint density at radius 3 is 2.59 bits per heavy atom. The first-order valence-electron chi connectivity index (χ1n) is 10.4. The molecule has 4 rings (SSSR count). The van der Waals surface area contributed by atoms with E-state index in [0.29, 0.717) is 11.8 Å². The molecule has 27 heavy (non-hydrogen) atoms. The summed E-state index contributed by atoms with van der Waals surface area (Å²) in [6, 6.07) is 8.56. The minimum atomic E-state index is 0.0204. The molecule has 1 aromatic carbocycles. The monoisotopic (exact) mass is 371 g/mol. The molecule has 1 amide bonds. The van der Waals surface area contributed by atoms with Crippen molar-refractivity contribution in [3.63, 3.8) is 0 Å². The normalized spacial score (nSPS) is 36.5. The Morgan fingerprint density at radius 1 is 1.26 bits per heavy atom. The summed E-state index contributed by atoms with van der Waals surface area (Å²) in [6.45, 7) is 9.44. The van der Waals surface area contributed by atoms with E-state index in [-0.39, 0.29) is 34.8 Å². The molecule has 3 aliphatic rings. The van der Waals surface area contributed by atoms with Crippen molar-refractivity contribution in [2.45, 2.75) is 59.1 Å². The number of hydrogen-bond donors (Lipinski definition) is 1. The van der Waals surface area contributed by atoms with Gasteiger partial charge < -0.3 is 14.8 Å². The van der Waals surface area contributed by atoms with Crippen LogP contribution in [0.1, 0.15) is 58.6 Å². The molecule has 0 aromatic heterocycles. The Bertz CT molecular complexity index is 711. The van der Waals surface area contributed by atoms with E-state index in [9.17, 15) is 4.79 Å². The standard InChI is InChI=1S/C23H33NO3/c1-14(2)20(25)24-21-22(3,4)16-12-18-19(27-11-10-23(18,21)13-16)15-6-8-17(26-5)9-7-15/h6-9,14,16,18-19,21H,10-13H2,1-5H3,(H,24,25)/t16-,18-,19-,21-,23-/m1/s1. The first kappa shape index (κ1) is 18.8. The molecule has 2 aliphatic carbocycles. The fourth-order valence-corrected chi connectivity index (χ4v) is 6.22. The van der Waals surface area contributed by atoms with E-state index >= 15 is 0 Å². The zero-order valence-corrected chi connectivity index (χ0v) is 17.2. The molecule has 4 nitrogen and oxygen atoms in total. The van der Waals surface area contributed by atoms with Crippen molar-refractivity contribution in [3.05, 3.63) is 29.8 Å². The van der Waals surface area contributed by atoms with E-state index in [1.165, 1.54) is 18.4 Å². The highest BCUT2D eigenvalue weighted by Crippen LogP contribution is 2.70. The number of amides is 1. The fraction of sp³-hybridized carbons (Fsp3) is 0.696. The van der Waals surface area contributed by atoms with E-state index in [0.717, 1.165) is 18.8 Å². The van der Waals surface area contributed by atoms with Crippen molar-refractivity contribution in [2.75, 3.05) is 13.7 Å². The third-order valence-corrected chi connectivity index (χ3v) is 7.76. The number of methoxy groups -OCH3 is 1. The number of rotatable bonds is 4. The molecule has 148 valence electrons. The van der Waals surface area contributed by atoms with Gasteiger partial charge in [-0.15, -0.1) is 0 Å². The Morgan fingerprint density at radius 2 is 1.96 bits per heavy atom. The Hall–Kier alpha value is -1.55. The summed E-state index contributed by atoms with van der Waals surface area (Å²) in [4.78, 5) is 12.6. The molecule has 1 N–H and O–H groups in total. The first-order chi connectivity index (χ1) is 12.8. The van der Waals surface area contributed by atoms with Gasteiger partial charge in [0.25, 0.3) is 0 Å². The van der Waals surface area contributed by atoms with E-state index < -0.39 is 0 Å². The lowest BCUT2D eigenvalue weighted by Crippen LogP contribution is -2.59. The van der Waals surface area contributed by atoms with Crippen LogP contribution in [0, 0.1) is 28.6 Å². The van der Waals surface area contributed by atoms with Gasteiger partial charge in [-0.2, -0.15) is 0 Å². The maximum Gasteiger partial charge on any atom is 0.222 e. The van der Waals surface area contributed by atoms with Gasteiger partial charge >= 0.3 is 0 Å². The summed E-state index contributed by atoms with van der Waals surface area (Å²) >= 11 is 0. The topological polar surface area (TPSA) is 47.6 Å². The smallest absolute Gasteiger partial charge is 0.222 e. The highest BCUT2D eigenvalue weighted by atomic mass is 16.5. The van der Waals surface area contributed by atoms with Crippen molar-refractivity contribution in [2.24, 2.45) is 28.6 Å². The summed E-state index contributed by atoms with van der Waals surface area (Å²) in [5.41, 5.74) is 1.53. The van der Waals surface area contributed by atoms with Crippen molar-refractivity contribution < 1.29 is 14.3 Å². The fourth-order valence-electron chi connectivity index (χ4n) is 6.22. The van der Waals surface area contributed by atoms with E-state index in [1.807, 2.05) is 26.0 Å². The number of carbonyl (C=O) groups excluding carboxylic acids is 1. The third-order valence-electron chi connectivity index (χ3n) is 7.76. The second kappa shape index (κ2) is 6.51. The van der Waals surface area contributed by atoms with E-state index in [4.69, 9.17) is 9.47 Å². The van der Waals surface area contributed by atoms with Crippen LogP contribution in [0.3, 0.4) is 0 Å². The molecular formula is C23H33NO3. The molecule has 1 aliphatic heterocycles. The summed E-state index contributed by atoms with van der Waals surface area (Å²) in [7, 11) is 1.70. The van der Waals surface area contributed by atoms with Gasteiger partial charge in [-0.1, -0.05) is 39.8 Å². The van der Waals surface area contributed by atoms with Crippen LogP contribution >= 0.6 is 0 Å². The highest BCUT2D eigenvalue weighted by Gasteiger charge is 2.68. The number of ether oxygens (including phenoxy) is 2. The van der Waals surface area contributed by atoms with Crippen LogP contribution in [0.2, 0.25) is 0 Å². The lowest BCUT2D eigenvalue weighted by Gasteiger charge is -2.53. The molecule has 5 atom stereocenters. The SMILES string of the molecule is COc1ccc([C@H]2OCC[C@@]34C[C@@H](C[C@H]23)C(C)(C)[C@H]4NC(=O)C(C)C)cc1. The number of benzene rings is 1. The Balaban J connectivity index is 1.66. The van der Waals surface area contributed by atoms with Gasteiger partial charge in [0, 0.05) is 18.6 Å². The van der Waals surface area contributed by atoms with Gasteiger partial charge in [0.15, 0.2) is 0 Å². The van der Waals surface area contributed by atoms with Crippen LogP contribution in [-0.4, -0.2) is 25.7 Å². The highest BCUT2D eigenvalue weighted by molar-refractivity contribution is 5.78. The average molecular weight is 372 g/mol. The van der Waals surface area contributed by atoms with Crippen molar-refractivity contribution in [1.29, 1.82) is 0 Å². The summed E-state index contributed by atoms with van der Waals surface area (Å²) in [6.07, 6.45) is 3.57. The Kier molecular flexibility index (Phi) is 4.53. The number of carbonyl (C=O) groups is 1. The lowest BCUT2D eigenvalue weighted by molar-refractivity contribution is -0.139. The van der Waals surface area contributed by atoms with Gasteiger partial charge in [-0.3, -0.25) is 4.79 Å². The largest absolute Gasteiger partial charge is 0.497 e. The minimum absolute atomic E-state index is 0.0204. The zero-order valence-electron chi connectivity index (χ0n) is 17.2. The van der Waals surface area contributed by atoms with Crippen LogP contribution in [0.25, 0.3) is 0 Å². The van der Waals surface area contributed by atoms with E-state index in [1.54, 1.807) is 7.11 Å². The molecule has 0 radical (unpaired) electrons. The Labute approximate surface area is 163 Å². The molecule has 3 fully saturated rings. The number of nitrogens with one attached hydrogen (secondary N) is 1. The first-order valence-corrected chi connectivity index (χ1v) is 10.4. The van der Waals surface area contributed by atoms with Crippen LogP contribution < -0.4 is 10.1 Å². The second-order valence-electron chi connectivity index (χ2n) is 9.71. The molecule has 1 aromatic rings. The molecular weight excluding hydrogens is 338 g/mol. The van der Waals surface area contributed by atoms with Crippen LogP contribution in [0.15, 0.2) is 24.3 Å². The molecule has 2 bridgehead atoms. The molecule has 4 heteroatoms. The van der Waals surface area contributed by atoms with Crippen LogP contribution in [-0.2, 0) is 9.53 Å². The van der Waals surface area contributed by atoms with Gasteiger partial charge in [0.1, 0.15) is 5.75 Å².